The lowest BCUT2D eigenvalue weighted by atomic mass is 10.1. The largest absolute Gasteiger partial charge is 0.481 e. The topological polar surface area (TPSA) is 108 Å². The van der Waals surface area contributed by atoms with E-state index in [2.05, 4.69) is 16.0 Å². The van der Waals surface area contributed by atoms with E-state index in [0.29, 0.717) is 6.42 Å². The summed E-state index contributed by atoms with van der Waals surface area (Å²) in [5.41, 5.74) is 3.21. The normalized spacial score (nSPS) is 12.0. The second kappa shape index (κ2) is 9.89. The fraction of sp³-hybridized carbons (Fsp3) is 0.438. The lowest BCUT2D eigenvalue weighted by molar-refractivity contribution is -0.136. The number of rotatable bonds is 8. The summed E-state index contributed by atoms with van der Waals surface area (Å²) in [6.07, 6.45) is 0.791. The Morgan fingerprint density at radius 3 is 2.50 bits per heavy atom. The molecule has 132 valence electrons. The van der Waals surface area contributed by atoms with Crippen molar-refractivity contribution in [1.29, 1.82) is 0 Å². The van der Waals surface area contributed by atoms with Crippen molar-refractivity contribution in [2.24, 2.45) is 0 Å². The molecule has 1 aromatic rings. The number of benzene rings is 1. The van der Waals surface area contributed by atoms with Crippen molar-refractivity contribution in [2.45, 2.75) is 38.8 Å². The van der Waals surface area contributed by atoms with E-state index in [1.54, 1.807) is 0 Å². The number of carbonyl (C=O) groups is 3. The van der Waals surface area contributed by atoms with Crippen LogP contribution < -0.4 is 16.0 Å². The molecule has 0 saturated carbocycles. The monoisotopic (exact) mass is 355 g/mol. The van der Waals surface area contributed by atoms with Crippen LogP contribution in [0, 0.1) is 0 Å². The maximum atomic E-state index is 11.9. The molecule has 1 heterocycles. The molecule has 0 bridgehead atoms. The number of carbonyl (C=O) groups excluding carboxylic acids is 2. The van der Waals surface area contributed by atoms with Gasteiger partial charge in [-0.05, 0) is 29.7 Å². The molecule has 0 spiro atoms. The molecule has 0 atom stereocenters. The molecule has 0 unspecified atom stereocenters. The lowest BCUT2D eigenvalue weighted by Crippen LogP contribution is -2.26. The van der Waals surface area contributed by atoms with Crippen molar-refractivity contribution in [3.05, 3.63) is 29.3 Å². The van der Waals surface area contributed by atoms with Crippen molar-refractivity contribution in [2.75, 3.05) is 11.9 Å². The second-order valence-corrected chi connectivity index (χ2v) is 5.48. The van der Waals surface area contributed by atoms with Gasteiger partial charge in [-0.2, -0.15) is 0 Å². The summed E-state index contributed by atoms with van der Waals surface area (Å²) in [5, 5.41) is 17.0. The molecule has 24 heavy (non-hydrogen) atoms. The molecule has 8 heteroatoms. The number of carboxylic acid groups (broad SMARTS) is 1. The van der Waals surface area contributed by atoms with Crippen LogP contribution in [0.25, 0.3) is 0 Å². The van der Waals surface area contributed by atoms with E-state index in [9.17, 15) is 14.4 Å². The molecular weight excluding hydrogens is 334 g/mol. The number of carboxylic acids is 1. The van der Waals surface area contributed by atoms with E-state index in [-0.39, 0.29) is 50.0 Å². The van der Waals surface area contributed by atoms with Crippen molar-refractivity contribution in [3.8, 4) is 0 Å². The predicted octanol–water partition coefficient (Wildman–Crippen LogP) is 1.41. The highest BCUT2D eigenvalue weighted by Gasteiger charge is 2.11. The summed E-state index contributed by atoms with van der Waals surface area (Å²) in [6.45, 7) is 1.79. The highest BCUT2D eigenvalue weighted by Crippen LogP contribution is 2.20. The summed E-state index contributed by atoms with van der Waals surface area (Å²) in [5.74, 6) is -1.31. The summed E-state index contributed by atoms with van der Waals surface area (Å²) >= 11 is 0. The van der Waals surface area contributed by atoms with Crippen LogP contribution in [0.5, 0.6) is 0 Å². The molecule has 0 fully saturated rings. The lowest BCUT2D eigenvalue weighted by Gasteiger charge is -2.07. The molecule has 4 N–H and O–H groups in total. The first-order valence-electron chi connectivity index (χ1n) is 7.65. The van der Waals surface area contributed by atoms with Gasteiger partial charge in [0.2, 0.25) is 11.8 Å². The van der Waals surface area contributed by atoms with E-state index >= 15 is 0 Å². The maximum absolute atomic E-state index is 11.9. The molecule has 1 aliphatic heterocycles. The zero-order valence-corrected chi connectivity index (χ0v) is 14.1. The third-order valence-corrected chi connectivity index (χ3v) is 3.59. The van der Waals surface area contributed by atoms with E-state index in [0.717, 1.165) is 18.8 Å². The summed E-state index contributed by atoms with van der Waals surface area (Å²) < 4.78 is 0. The highest BCUT2D eigenvalue weighted by atomic mass is 35.5. The van der Waals surface area contributed by atoms with E-state index < -0.39 is 5.97 Å². The number of hydrogen-bond acceptors (Lipinski definition) is 4. The summed E-state index contributed by atoms with van der Waals surface area (Å²) in [4.78, 5) is 33.6. The van der Waals surface area contributed by atoms with Crippen LogP contribution in [-0.2, 0) is 27.5 Å². The average Bonchev–Trinajstić information content (AvgIpc) is 2.94. The molecule has 2 amide bonds. The standard InChI is InChI=1S/C16H21N3O4.ClH/c20-14(18-7-6-16(22)23)2-1-3-15(21)19-13-5-4-11-9-17-10-12(11)8-13;/h4-5,8,17H,1-3,6-7,9-10H2,(H,18,20)(H,19,21)(H,22,23);1H. The number of fused-ring (bicyclic) bond motifs is 1. The van der Waals surface area contributed by atoms with Gasteiger partial charge in [0, 0.05) is 38.2 Å². The van der Waals surface area contributed by atoms with Gasteiger partial charge in [-0.15, -0.1) is 12.4 Å². The van der Waals surface area contributed by atoms with Gasteiger partial charge < -0.3 is 21.1 Å². The smallest absolute Gasteiger partial charge is 0.305 e. The molecular formula is C16H22ClN3O4. The van der Waals surface area contributed by atoms with Gasteiger partial charge in [-0.3, -0.25) is 14.4 Å². The van der Waals surface area contributed by atoms with Crippen molar-refractivity contribution in [1.82, 2.24) is 10.6 Å². The number of hydrogen-bond donors (Lipinski definition) is 4. The molecule has 0 radical (unpaired) electrons. The highest BCUT2D eigenvalue weighted by molar-refractivity contribution is 5.91. The molecule has 7 nitrogen and oxygen atoms in total. The van der Waals surface area contributed by atoms with Gasteiger partial charge in [0.25, 0.3) is 0 Å². The van der Waals surface area contributed by atoms with Gasteiger partial charge in [-0.25, -0.2) is 0 Å². The molecule has 1 aliphatic rings. The van der Waals surface area contributed by atoms with Gasteiger partial charge in [0.15, 0.2) is 0 Å². The molecule has 2 rings (SSSR count). The van der Waals surface area contributed by atoms with Crippen LogP contribution in [-0.4, -0.2) is 29.4 Å². The Hall–Kier alpha value is -2.12. The zero-order valence-electron chi connectivity index (χ0n) is 13.3. The Labute approximate surface area is 146 Å². The molecule has 1 aromatic carbocycles. The summed E-state index contributed by atoms with van der Waals surface area (Å²) in [6, 6.07) is 5.84. The molecule has 0 saturated heterocycles. The van der Waals surface area contributed by atoms with Crippen LogP contribution in [0.2, 0.25) is 0 Å². The third kappa shape index (κ3) is 6.55. The Morgan fingerprint density at radius 1 is 1.04 bits per heavy atom. The van der Waals surface area contributed by atoms with Crippen LogP contribution in [0.15, 0.2) is 18.2 Å². The first kappa shape index (κ1) is 19.9. The number of amides is 2. The van der Waals surface area contributed by atoms with E-state index in [1.807, 2.05) is 18.2 Å². The second-order valence-electron chi connectivity index (χ2n) is 5.48. The number of aliphatic carboxylic acids is 1. The van der Waals surface area contributed by atoms with Crippen LogP contribution >= 0.6 is 12.4 Å². The van der Waals surface area contributed by atoms with Gasteiger partial charge in [0.05, 0.1) is 6.42 Å². The Morgan fingerprint density at radius 2 is 1.75 bits per heavy atom. The quantitative estimate of drug-likeness (QED) is 0.564. The van der Waals surface area contributed by atoms with E-state index in [1.165, 1.54) is 11.1 Å². The first-order valence-corrected chi connectivity index (χ1v) is 7.65. The predicted molar refractivity (Wildman–Crippen MR) is 92.0 cm³/mol. The summed E-state index contributed by atoms with van der Waals surface area (Å²) in [7, 11) is 0. The van der Waals surface area contributed by atoms with Gasteiger partial charge >= 0.3 is 5.97 Å². The number of anilines is 1. The average molecular weight is 356 g/mol. The van der Waals surface area contributed by atoms with Crippen molar-refractivity contribution in [3.63, 3.8) is 0 Å². The van der Waals surface area contributed by atoms with Crippen LogP contribution in [0.1, 0.15) is 36.8 Å². The minimum absolute atomic E-state index is 0. The third-order valence-electron chi connectivity index (χ3n) is 3.59. The van der Waals surface area contributed by atoms with E-state index in [4.69, 9.17) is 5.11 Å². The Balaban J connectivity index is 0.00000288. The van der Waals surface area contributed by atoms with Crippen molar-refractivity contribution < 1.29 is 19.5 Å². The minimum Gasteiger partial charge on any atom is -0.481 e. The first-order chi connectivity index (χ1) is 11.0. The Kier molecular flexibility index (Phi) is 8.21. The fourth-order valence-electron chi connectivity index (χ4n) is 2.40. The number of halogens is 1. The maximum Gasteiger partial charge on any atom is 0.305 e. The SMILES string of the molecule is Cl.O=C(O)CCNC(=O)CCCC(=O)Nc1ccc2c(c1)CNC2. The van der Waals surface area contributed by atoms with Crippen LogP contribution in [0.4, 0.5) is 5.69 Å². The number of nitrogens with one attached hydrogen (secondary N) is 3. The zero-order chi connectivity index (χ0) is 16.7. The van der Waals surface area contributed by atoms with Gasteiger partial charge in [0.1, 0.15) is 0 Å². The Bertz CT molecular complexity index is 607. The minimum atomic E-state index is -0.950. The fourth-order valence-corrected chi connectivity index (χ4v) is 2.40. The van der Waals surface area contributed by atoms with Crippen molar-refractivity contribution >= 4 is 35.9 Å². The molecule has 0 aromatic heterocycles. The van der Waals surface area contributed by atoms with Gasteiger partial charge in [-0.1, -0.05) is 6.07 Å². The van der Waals surface area contributed by atoms with Crippen LogP contribution in [0.3, 0.4) is 0 Å². The molecule has 0 aliphatic carbocycles.